The molecule has 0 bridgehead atoms. The Balaban J connectivity index is 0.00000106. The average molecular weight is 217 g/mol. The van der Waals surface area contributed by atoms with Crippen LogP contribution in [0.25, 0.3) is 12.2 Å². The fourth-order valence-corrected chi connectivity index (χ4v) is 1.32. The van der Waals surface area contributed by atoms with Crippen LogP contribution in [0.2, 0.25) is 0 Å². The third-order valence-electron chi connectivity index (χ3n) is 2.14. The van der Waals surface area contributed by atoms with Gasteiger partial charge in [-0.25, -0.2) is 0 Å². The van der Waals surface area contributed by atoms with Crippen LogP contribution in [0.5, 0.6) is 0 Å². The first-order valence-electron chi connectivity index (χ1n) is 5.95. The molecule has 0 atom stereocenters. The summed E-state index contributed by atoms with van der Waals surface area (Å²) in [6, 6.07) is 4.17. The second-order valence-corrected chi connectivity index (χ2v) is 3.56. The maximum Gasteiger partial charge on any atom is 0.0662 e. The summed E-state index contributed by atoms with van der Waals surface area (Å²) in [5.41, 5.74) is 1.14. The average Bonchev–Trinajstić information content (AvgIpc) is 2.32. The van der Waals surface area contributed by atoms with Crippen LogP contribution in [0.1, 0.15) is 46.2 Å². The topological polar surface area (TPSA) is 12.9 Å². The van der Waals surface area contributed by atoms with Gasteiger partial charge in [-0.15, -0.1) is 0 Å². The van der Waals surface area contributed by atoms with Gasteiger partial charge in [-0.2, -0.15) is 0 Å². The number of hydrogen-bond acceptors (Lipinski definition) is 1. The van der Waals surface area contributed by atoms with Gasteiger partial charge in [0.05, 0.1) is 5.35 Å². The largest absolute Gasteiger partial charge is 0.253 e. The minimum atomic E-state index is 0.478. The van der Waals surface area contributed by atoms with E-state index in [0.29, 0.717) is 5.92 Å². The number of hydrogen-bond donors (Lipinski definition) is 0. The number of allylic oxidation sites excluding steroid dienone is 1. The van der Waals surface area contributed by atoms with Crippen LogP contribution in [0.15, 0.2) is 24.8 Å². The molecule has 0 saturated heterocycles. The van der Waals surface area contributed by atoms with Crippen LogP contribution >= 0.6 is 0 Å². The summed E-state index contributed by atoms with van der Waals surface area (Å²) in [6.45, 7) is 14.0. The van der Waals surface area contributed by atoms with Gasteiger partial charge in [0.25, 0.3) is 0 Å². The van der Waals surface area contributed by atoms with Gasteiger partial charge in [0, 0.05) is 5.69 Å². The minimum Gasteiger partial charge on any atom is -0.253 e. The summed E-state index contributed by atoms with van der Waals surface area (Å²) in [7, 11) is 0. The van der Waals surface area contributed by atoms with Crippen LogP contribution in [0.3, 0.4) is 0 Å². The fraction of sp³-hybridized carbons (Fsp3) is 0.400. The van der Waals surface area contributed by atoms with E-state index in [2.05, 4.69) is 37.5 Å². The van der Waals surface area contributed by atoms with E-state index in [1.165, 1.54) is 0 Å². The Hall–Kier alpha value is -1.37. The highest BCUT2D eigenvalue weighted by atomic mass is 14.7. The highest BCUT2D eigenvalue weighted by Gasteiger charge is 1.98. The van der Waals surface area contributed by atoms with Crippen molar-refractivity contribution >= 4 is 12.2 Å². The van der Waals surface area contributed by atoms with Crippen LogP contribution in [-0.2, 0) is 0 Å². The molecule has 0 spiro atoms. The molecule has 1 aromatic heterocycles. The summed E-state index contributed by atoms with van der Waals surface area (Å²) in [4.78, 5) is 4.57. The van der Waals surface area contributed by atoms with Gasteiger partial charge >= 0.3 is 0 Å². The van der Waals surface area contributed by atoms with Gasteiger partial charge in [0.1, 0.15) is 0 Å². The Kier molecular flexibility index (Phi) is 7.19. The van der Waals surface area contributed by atoms with Crippen molar-refractivity contribution in [3.05, 3.63) is 41.0 Å². The highest BCUT2D eigenvalue weighted by Crippen LogP contribution is 2.06. The minimum absolute atomic E-state index is 0.478. The van der Waals surface area contributed by atoms with Gasteiger partial charge < -0.3 is 0 Å². The Bertz CT molecular complexity index is 427. The van der Waals surface area contributed by atoms with Crippen molar-refractivity contribution in [1.29, 1.82) is 0 Å². The van der Waals surface area contributed by atoms with Crippen LogP contribution in [-0.4, -0.2) is 4.98 Å². The predicted molar refractivity (Wildman–Crippen MR) is 73.7 cm³/mol. The summed E-state index contributed by atoms with van der Waals surface area (Å²) in [5, 5.41) is 2.17. The van der Waals surface area contributed by atoms with E-state index in [0.717, 1.165) is 16.3 Å². The third-order valence-corrected chi connectivity index (χ3v) is 2.14. The molecule has 0 amide bonds. The van der Waals surface area contributed by atoms with Crippen LogP contribution in [0, 0.1) is 0 Å². The number of aromatic nitrogens is 1. The molecule has 0 aliphatic rings. The van der Waals surface area contributed by atoms with Gasteiger partial charge in [0.15, 0.2) is 0 Å². The lowest BCUT2D eigenvalue weighted by molar-refractivity contribution is 0.814. The molecule has 1 heterocycles. The van der Waals surface area contributed by atoms with Gasteiger partial charge in [0.2, 0.25) is 0 Å². The van der Waals surface area contributed by atoms with Crippen LogP contribution < -0.4 is 10.6 Å². The molecular weight excluding hydrogens is 194 g/mol. The molecule has 0 aliphatic heterocycles. The fourth-order valence-electron chi connectivity index (χ4n) is 1.32. The van der Waals surface area contributed by atoms with E-state index in [4.69, 9.17) is 0 Å². The normalized spacial score (nSPS) is 12.4. The van der Waals surface area contributed by atoms with E-state index < -0.39 is 0 Å². The first-order chi connectivity index (χ1) is 7.69. The van der Waals surface area contributed by atoms with Crippen molar-refractivity contribution in [2.24, 2.45) is 0 Å². The smallest absolute Gasteiger partial charge is 0.0662 e. The van der Waals surface area contributed by atoms with E-state index in [1.807, 2.05) is 32.9 Å². The number of nitrogens with zero attached hydrogens (tertiary/aromatic N) is 1. The van der Waals surface area contributed by atoms with Gasteiger partial charge in [-0.3, -0.25) is 4.98 Å². The molecule has 0 saturated carbocycles. The molecule has 0 N–H and O–H groups in total. The molecule has 16 heavy (non-hydrogen) atoms. The molecule has 0 aliphatic carbocycles. The summed E-state index contributed by atoms with van der Waals surface area (Å²) in [6.07, 6.45) is 5.80. The van der Waals surface area contributed by atoms with Gasteiger partial charge in [-0.1, -0.05) is 58.6 Å². The SMILES string of the molecule is C=C/C=c1/ccc(C(C)C)n/c1=C/C.CC. The molecular formula is C15H23N. The van der Waals surface area contributed by atoms with E-state index in [-0.39, 0.29) is 0 Å². The van der Waals surface area contributed by atoms with Crippen LogP contribution in [0.4, 0.5) is 0 Å². The quantitative estimate of drug-likeness (QED) is 0.742. The third kappa shape index (κ3) is 4.01. The molecule has 0 aromatic carbocycles. The van der Waals surface area contributed by atoms with Crippen molar-refractivity contribution in [2.45, 2.75) is 40.5 Å². The van der Waals surface area contributed by atoms with Gasteiger partial charge in [-0.05, 0) is 24.1 Å². The Morgan fingerprint density at radius 1 is 1.25 bits per heavy atom. The zero-order valence-electron chi connectivity index (χ0n) is 11.1. The second kappa shape index (κ2) is 7.86. The predicted octanol–water partition coefficient (Wildman–Crippen LogP) is 3.00. The summed E-state index contributed by atoms with van der Waals surface area (Å²) < 4.78 is 0. The maximum atomic E-state index is 4.57. The zero-order chi connectivity index (χ0) is 12.6. The molecule has 1 heteroatoms. The standard InChI is InChI=1S/C13H17N.C2H6/c1-5-7-11-8-9-13(10(3)4)14-12(11)6-2;1-2/h5-10H,1H2,2-4H3;1-2H3/b11-7-,12-6+;. The van der Waals surface area contributed by atoms with E-state index in [9.17, 15) is 0 Å². The number of rotatable bonds is 2. The Morgan fingerprint density at radius 3 is 2.31 bits per heavy atom. The van der Waals surface area contributed by atoms with E-state index in [1.54, 1.807) is 6.08 Å². The van der Waals surface area contributed by atoms with E-state index >= 15 is 0 Å². The second-order valence-electron chi connectivity index (χ2n) is 3.56. The molecule has 1 nitrogen and oxygen atoms in total. The molecule has 0 radical (unpaired) electrons. The molecule has 1 rings (SSSR count). The molecule has 0 fully saturated rings. The lowest BCUT2D eigenvalue weighted by Crippen LogP contribution is -2.28. The lowest BCUT2D eigenvalue weighted by atomic mass is 10.1. The number of pyridine rings is 1. The molecule has 0 unspecified atom stereocenters. The molecule has 88 valence electrons. The Morgan fingerprint density at radius 2 is 1.88 bits per heavy atom. The monoisotopic (exact) mass is 217 g/mol. The van der Waals surface area contributed by atoms with Crippen molar-refractivity contribution in [3.63, 3.8) is 0 Å². The highest BCUT2D eigenvalue weighted by molar-refractivity contribution is 5.36. The zero-order valence-corrected chi connectivity index (χ0v) is 11.1. The van der Waals surface area contributed by atoms with Crippen molar-refractivity contribution in [3.8, 4) is 0 Å². The summed E-state index contributed by atoms with van der Waals surface area (Å²) in [5.74, 6) is 0.478. The lowest BCUT2D eigenvalue weighted by Gasteiger charge is -2.03. The first-order valence-corrected chi connectivity index (χ1v) is 5.95. The van der Waals surface area contributed by atoms with Crippen molar-refractivity contribution < 1.29 is 0 Å². The first kappa shape index (κ1) is 14.6. The van der Waals surface area contributed by atoms with Crippen molar-refractivity contribution in [2.75, 3.05) is 0 Å². The van der Waals surface area contributed by atoms with Crippen molar-refractivity contribution in [1.82, 2.24) is 4.98 Å². The summed E-state index contributed by atoms with van der Waals surface area (Å²) >= 11 is 0. The maximum absolute atomic E-state index is 4.57. The Labute approximate surface area is 99.2 Å². The molecule has 1 aromatic rings.